The highest BCUT2D eigenvalue weighted by molar-refractivity contribution is 6.04. The van der Waals surface area contributed by atoms with Crippen LogP contribution in [0.2, 0.25) is 0 Å². The van der Waals surface area contributed by atoms with E-state index in [9.17, 15) is 10.1 Å². The summed E-state index contributed by atoms with van der Waals surface area (Å²) in [6, 6.07) is 18.9. The molecule has 1 heterocycles. The zero-order chi connectivity index (χ0) is 15.1. The van der Waals surface area contributed by atoms with Crippen LogP contribution in [0.3, 0.4) is 0 Å². The Bertz CT molecular complexity index is 851. The van der Waals surface area contributed by atoms with Crippen molar-refractivity contribution in [1.29, 1.82) is 0 Å². The quantitative estimate of drug-likeness (QED) is 0.546. The minimum Gasteiger partial charge on any atom is -0.361 e. The van der Waals surface area contributed by atoms with Crippen LogP contribution in [-0.4, -0.2) is 4.92 Å². The monoisotopic (exact) mass is 291 g/mol. The molecule has 0 aromatic heterocycles. The fraction of sp³-hybridized carbons (Fsp3) is 0.0588. The summed E-state index contributed by atoms with van der Waals surface area (Å²) in [7, 11) is 0. The van der Waals surface area contributed by atoms with Crippen LogP contribution in [0.15, 0.2) is 60.7 Å². The van der Waals surface area contributed by atoms with Crippen LogP contribution in [0, 0.1) is 10.1 Å². The maximum atomic E-state index is 11.0. The van der Waals surface area contributed by atoms with Gasteiger partial charge >= 0.3 is 0 Å². The molecule has 0 fully saturated rings. The van der Waals surface area contributed by atoms with E-state index in [1.807, 2.05) is 30.3 Å². The van der Waals surface area contributed by atoms with Gasteiger partial charge in [0.1, 0.15) is 6.17 Å². The molecule has 3 aromatic rings. The summed E-state index contributed by atoms with van der Waals surface area (Å²) in [5.41, 5.74) is 2.99. The van der Waals surface area contributed by atoms with Crippen molar-refractivity contribution in [3.8, 4) is 0 Å². The lowest BCUT2D eigenvalue weighted by atomic mass is 10.0. The van der Waals surface area contributed by atoms with Crippen LogP contribution >= 0.6 is 0 Å². The SMILES string of the molecule is O=[N+]([O-])c1cccc(C2Nc3cccc4cccc(c34)N2)c1. The van der Waals surface area contributed by atoms with Crippen molar-refractivity contribution in [2.24, 2.45) is 0 Å². The van der Waals surface area contributed by atoms with Gasteiger partial charge in [0.15, 0.2) is 0 Å². The summed E-state index contributed by atoms with van der Waals surface area (Å²) in [5, 5.41) is 20.1. The zero-order valence-corrected chi connectivity index (χ0v) is 11.6. The molecule has 0 radical (unpaired) electrons. The summed E-state index contributed by atoms with van der Waals surface area (Å²) in [6.45, 7) is 0. The highest BCUT2D eigenvalue weighted by atomic mass is 16.6. The molecule has 5 heteroatoms. The van der Waals surface area contributed by atoms with Gasteiger partial charge in [-0.1, -0.05) is 36.4 Å². The van der Waals surface area contributed by atoms with Gasteiger partial charge in [0.2, 0.25) is 0 Å². The summed E-state index contributed by atoms with van der Waals surface area (Å²) in [4.78, 5) is 10.6. The third-order valence-electron chi connectivity index (χ3n) is 3.92. The minimum absolute atomic E-state index is 0.0955. The first-order valence-corrected chi connectivity index (χ1v) is 7.01. The number of nitro groups is 1. The molecule has 0 amide bonds. The standard InChI is InChI=1S/C17H13N3O2/c21-20(22)13-7-1-6-12(10-13)17-18-14-8-2-4-11-5-3-9-15(19-17)16(11)14/h1-10,17-19H. The number of nitro benzene ring substituents is 1. The van der Waals surface area contributed by atoms with Crippen LogP contribution in [0.25, 0.3) is 10.8 Å². The Morgan fingerprint density at radius 2 is 1.55 bits per heavy atom. The second-order valence-electron chi connectivity index (χ2n) is 5.28. The lowest BCUT2D eigenvalue weighted by Crippen LogP contribution is -2.23. The Morgan fingerprint density at radius 3 is 2.18 bits per heavy atom. The lowest BCUT2D eigenvalue weighted by molar-refractivity contribution is -0.384. The molecule has 0 saturated heterocycles. The Morgan fingerprint density at radius 1 is 0.909 bits per heavy atom. The van der Waals surface area contributed by atoms with Gasteiger partial charge in [-0.05, 0) is 17.5 Å². The van der Waals surface area contributed by atoms with Gasteiger partial charge in [-0.25, -0.2) is 0 Å². The maximum absolute atomic E-state index is 11.0. The van der Waals surface area contributed by atoms with E-state index in [-0.39, 0.29) is 16.8 Å². The molecule has 0 atom stereocenters. The predicted molar refractivity (Wildman–Crippen MR) is 87.0 cm³/mol. The van der Waals surface area contributed by atoms with Gasteiger partial charge in [-0.3, -0.25) is 10.1 Å². The Balaban J connectivity index is 1.78. The van der Waals surface area contributed by atoms with Crippen LogP contribution in [0.1, 0.15) is 11.7 Å². The van der Waals surface area contributed by atoms with Crippen molar-refractivity contribution in [2.45, 2.75) is 6.17 Å². The molecule has 1 aliphatic heterocycles. The van der Waals surface area contributed by atoms with Gasteiger partial charge in [0.25, 0.3) is 5.69 Å². The molecule has 4 rings (SSSR count). The largest absolute Gasteiger partial charge is 0.361 e. The average Bonchev–Trinajstić information content (AvgIpc) is 2.55. The molecule has 3 aromatic carbocycles. The maximum Gasteiger partial charge on any atom is 0.269 e. The Hall–Kier alpha value is -3.08. The van der Waals surface area contributed by atoms with Crippen molar-refractivity contribution >= 4 is 27.8 Å². The van der Waals surface area contributed by atoms with E-state index in [1.165, 1.54) is 6.07 Å². The summed E-state index contributed by atoms with van der Waals surface area (Å²) in [6.07, 6.45) is -0.194. The smallest absolute Gasteiger partial charge is 0.269 e. The van der Waals surface area contributed by atoms with E-state index in [0.717, 1.165) is 27.7 Å². The minimum atomic E-state index is -0.374. The first-order valence-electron chi connectivity index (χ1n) is 7.01. The van der Waals surface area contributed by atoms with E-state index in [1.54, 1.807) is 12.1 Å². The number of non-ortho nitro benzene ring substituents is 1. The van der Waals surface area contributed by atoms with Crippen molar-refractivity contribution in [1.82, 2.24) is 0 Å². The van der Waals surface area contributed by atoms with Gasteiger partial charge in [0.05, 0.1) is 4.92 Å². The fourth-order valence-corrected chi connectivity index (χ4v) is 2.91. The molecule has 5 nitrogen and oxygen atoms in total. The zero-order valence-electron chi connectivity index (χ0n) is 11.6. The number of rotatable bonds is 2. The molecule has 0 saturated carbocycles. The van der Waals surface area contributed by atoms with E-state index in [0.29, 0.717) is 0 Å². The van der Waals surface area contributed by atoms with Crippen LogP contribution in [0.5, 0.6) is 0 Å². The summed E-state index contributed by atoms with van der Waals surface area (Å²) < 4.78 is 0. The summed E-state index contributed by atoms with van der Waals surface area (Å²) in [5.74, 6) is 0. The molecule has 2 N–H and O–H groups in total. The molecular weight excluding hydrogens is 278 g/mol. The number of hydrogen-bond donors (Lipinski definition) is 2. The predicted octanol–water partition coefficient (Wildman–Crippen LogP) is 4.28. The van der Waals surface area contributed by atoms with Gasteiger partial charge < -0.3 is 10.6 Å². The Kier molecular flexibility index (Phi) is 2.72. The van der Waals surface area contributed by atoms with Gasteiger partial charge in [0, 0.05) is 34.5 Å². The molecule has 0 aliphatic carbocycles. The number of nitrogens with one attached hydrogen (secondary N) is 2. The lowest BCUT2D eigenvalue weighted by Gasteiger charge is -2.29. The third kappa shape index (κ3) is 1.95. The number of anilines is 2. The molecule has 0 spiro atoms. The van der Waals surface area contributed by atoms with Crippen molar-refractivity contribution in [2.75, 3.05) is 10.6 Å². The summed E-state index contributed by atoms with van der Waals surface area (Å²) >= 11 is 0. The van der Waals surface area contributed by atoms with Crippen LogP contribution in [0.4, 0.5) is 17.1 Å². The number of hydrogen-bond acceptors (Lipinski definition) is 4. The fourth-order valence-electron chi connectivity index (χ4n) is 2.91. The third-order valence-corrected chi connectivity index (χ3v) is 3.92. The average molecular weight is 291 g/mol. The topological polar surface area (TPSA) is 67.2 Å². The molecule has 22 heavy (non-hydrogen) atoms. The second-order valence-corrected chi connectivity index (χ2v) is 5.28. The van der Waals surface area contributed by atoms with E-state index in [4.69, 9.17) is 0 Å². The van der Waals surface area contributed by atoms with Gasteiger partial charge in [-0.2, -0.15) is 0 Å². The van der Waals surface area contributed by atoms with Crippen LogP contribution in [-0.2, 0) is 0 Å². The number of nitrogens with zero attached hydrogens (tertiary/aromatic N) is 1. The second kappa shape index (κ2) is 4.73. The van der Waals surface area contributed by atoms with Crippen molar-refractivity contribution in [3.63, 3.8) is 0 Å². The van der Waals surface area contributed by atoms with E-state index < -0.39 is 0 Å². The van der Waals surface area contributed by atoms with Gasteiger partial charge in [-0.15, -0.1) is 0 Å². The Labute approximate surface area is 126 Å². The number of benzene rings is 3. The molecule has 1 aliphatic rings. The van der Waals surface area contributed by atoms with Crippen molar-refractivity contribution < 1.29 is 4.92 Å². The molecule has 0 bridgehead atoms. The highest BCUT2D eigenvalue weighted by Gasteiger charge is 2.21. The first-order chi connectivity index (χ1) is 10.7. The molecule has 108 valence electrons. The van der Waals surface area contributed by atoms with Crippen molar-refractivity contribution in [3.05, 3.63) is 76.3 Å². The molecular formula is C17H13N3O2. The van der Waals surface area contributed by atoms with Crippen LogP contribution < -0.4 is 10.6 Å². The van der Waals surface area contributed by atoms with E-state index in [2.05, 4.69) is 22.8 Å². The van der Waals surface area contributed by atoms with E-state index >= 15 is 0 Å². The molecule has 0 unspecified atom stereocenters. The highest BCUT2D eigenvalue weighted by Crippen LogP contribution is 2.38. The normalized spacial score (nSPS) is 13.5. The first kappa shape index (κ1) is 12.6.